The summed E-state index contributed by atoms with van der Waals surface area (Å²) < 4.78 is 22.8. The number of aliphatic hydroxyl groups is 7. The summed E-state index contributed by atoms with van der Waals surface area (Å²) in [6, 6.07) is -2.89. The van der Waals surface area contributed by atoms with Gasteiger partial charge in [-0.15, -0.1) is 0 Å². The van der Waals surface area contributed by atoms with Crippen molar-refractivity contribution in [1.29, 1.82) is 0 Å². The van der Waals surface area contributed by atoms with E-state index < -0.39 is 97.8 Å². The highest BCUT2D eigenvalue weighted by atomic mass is 16.7. The van der Waals surface area contributed by atoms with E-state index in [1.54, 1.807) is 0 Å². The molecule has 34 heavy (non-hydrogen) atoms. The fourth-order valence-electron chi connectivity index (χ4n) is 4.54. The molecular weight excluding hydrogens is 460 g/mol. The molecule has 15 nitrogen and oxygen atoms in total. The molecule has 0 amide bonds. The van der Waals surface area contributed by atoms with Crippen LogP contribution in [0.15, 0.2) is 0 Å². The monoisotopic (exact) mass is 498 g/mol. The van der Waals surface area contributed by atoms with Crippen molar-refractivity contribution in [3.05, 3.63) is 0 Å². The summed E-state index contributed by atoms with van der Waals surface area (Å²) in [4.78, 5) is 0. The van der Waals surface area contributed by atoms with Gasteiger partial charge in [0.1, 0.15) is 54.4 Å². The largest absolute Gasteiger partial charge is 0.393 e. The zero-order chi connectivity index (χ0) is 25.5. The molecule has 2 heterocycles. The Kier molecular flexibility index (Phi) is 8.88. The van der Waals surface area contributed by atoms with Crippen LogP contribution in [0.2, 0.25) is 0 Å². The van der Waals surface area contributed by atoms with Crippen molar-refractivity contribution >= 4 is 0 Å². The Hall–Kier alpha value is -0.600. The lowest BCUT2D eigenvalue weighted by Crippen LogP contribution is -2.70. The van der Waals surface area contributed by atoms with Gasteiger partial charge in [0.25, 0.3) is 0 Å². The second kappa shape index (κ2) is 10.8. The molecule has 2 saturated heterocycles. The fourth-order valence-corrected chi connectivity index (χ4v) is 4.54. The second-order valence-electron chi connectivity index (χ2n) is 9.48. The van der Waals surface area contributed by atoms with Gasteiger partial charge in [0.05, 0.1) is 18.8 Å². The van der Waals surface area contributed by atoms with Gasteiger partial charge in [0, 0.05) is 18.6 Å². The lowest BCUT2D eigenvalue weighted by atomic mass is 9.84. The van der Waals surface area contributed by atoms with Gasteiger partial charge in [-0.2, -0.15) is 0 Å². The molecule has 1 aliphatic carbocycles. The van der Waals surface area contributed by atoms with Crippen LogP contribution < -0.4 is 22.9 Å². The lowest BCUT2D eigenvalue weighted by molar-refractivity contribution is -0.362. The lowest BCUT2D eigenvalue weighted by Gasteiger charge is -2.50. The van der Waals surface area contributed by atoms with Crippen LogP contribution in [0.1, 0.15) is 13.3 Å². The molecule has 0 aromatic heterocycles. The molecule has 200 valence electrons. The smallest absolute Gasteiger partial charge is 0.187 e. The summed E-state index contributed by atoms with van der Waals surface area (Å²) in [6.07, 6.45) is -15.6. The van der Waals surface area contributed by atoms with Crippen LogP contribution in [-0.4, -0.2) is 140 Å². The number of rotatable bonds is 6. The Morgan fingerprint density at radius 1 is 0.824 bits per heavy atom. The third kappa shape index (κ3) is 5.10. The van der Waals surface area contributed by atoms with Crippen molar-refractivity contribution in [3.63, 3.8) is 0 Å². The molecule has 1 saturated carbocycles. The Morgan fingerprint density at radius 3 is 2.03 bits per heavy atom. The standard InChI is InChI=1S/C19H38N4O11/c1-19(4-24)16(30)12(28)13(29)18(34-19)33-15-9(25)5(21)2-6(22)14(15)32-17-8(23)11(27)10(26)7(3-20)31-17/h5-18,24-30H,2-4,20-23H2,1H3/t5-,6-,7+,8+,9-,10-,11-,12-,13+,14-,15-,16+,17-,18-,19-/m1/s1. The SMILES string of the molecule is C[C@]1(CO)O[C@@H](O[C@@H]2[C@H](O)[C@H](N)C[C@@H](N)[C@H]2O[C@H]2O[C@@H](CN)[C@@H](O)[C@H](O)[C@@H]2N)[C@@H](O)[C@@H](O)[C@@H]1O. The first-order valence-corrected chi connectivity index (χ1v) is 11.2. The maximum atomic E-state index is 10.8. The minimum atomic E-state index is -1.76. The Morgan fingerprint density at radius 2 is 1.44 bits per heavy atom. The highest BCUT2D eigenvalue weighted by molar-refractivity contribution is 5.02. The molecule has 0 aromatic rings. The maximum Gasteiger partial charge on any atom is 0.187 e. The van der Waals surface area contributed by atoms with Gasteiger partial charge in [-0.1, -0.05) is 0 Å². The number of ether oxygens (including phenoxy) is 4. The molecule has 0 bridgehead atoms. The van der Waals surface area contributed by atoms with E-state index in [0.717, 1.165) is 0 Å². The first-order chi connectivity index (χ1) is 15.9. The average Bonchev–Trinajstić information content (AvgIpc) is 2.81. The first-order valence-electron chi connectivity index (χ1n) is 11.2. The summed E-state index contributed by atoms with van der Waals surface area (Å²) in [7, 11) is 0. The predicted octanol–water partition coefficient (Wildman–Crippen LogP) is -6.90. The maximum absolute atomic E-state index is 10.8. The van der Waals surface area contributed by atoms with E-state index in [-0.39, 0.29) is 13.0 Å². The van der Waals surface area contributed by atoms with Crippen LogP contribution in [0.3, 0.4) is 0 Å². The molecular formula is C19H38N4O11. The van der Waals surface area contributed by atoms with E-state index in [0.29, 0.717) is 0 Å². The predicted molar refractivity (Wildman–Crippen MR) is 112 cm³/mol. The van der Waals surface area contributed by atoms with Crippen LogP contribution in [0.25, 0.3) is 0 Å². The third-order valence-corrected chi connectivity index (χ3v) is 6.91. The molecule has 15 N–H and O–H groups in total. The van der Waals surface area contributed by atoms with E-state index >= 15 is 0 Å². The average molecular weight is 499 g/mol. The van der Waals surface area contributed by atoms with Crippen LogP contribution in [-0.2, 0) is 18.9 Å². The van der Waals surface area contributed by atoms with Gasteiger partial charge in [-0.05, 0) is 13.3 Å². The zero-order valence-corrected chi connectivity index (χ0v) is 18.8. The molecule has 15 heteroatoms. The van der Waals surface area contributed by atoms with Crippen molar-refractivity contribution in [2.45, 2.75) is 105 Å². The normalized spacial score (nSPS) is 54.7. The van der Waals surface area contributed by atoms with E-state index in [9.17, 15) is 35.7 Å². The Bertz CT molecular complexity index is 680. The van der Waals surface area contributed by atoms with Crippen molar-refractivity contribution in [2.75, 3.05) is 13.2 Å². The number of nitrogens with two attached hydrogens (primary N) is 4. The van der Waals surface area contributed by atoms with Gasteiger partial charge in [0.2, 0.25) is 0 Å². The summed E-state index contributed by atoms with van der Waals surface area (Å²) in [5, 5.41) is 71.6. The van der Waals surface area contributed by atoms with Crippen molar-refractivity contribution < 1.29 is 54.7 Å². The van der Waals surface area contributed by atoms with Crippen LogP contribution in [0, 0.1) is 0 Å². The number of hydrogen-bond donors (Lipinski definition) is 11. The Labute approximate surface area is 196 Å². The van der Waals surface area contributed by atoms with Crippen molar-refractivity contribution in [1.82, 2.24) is 0 Å². The van der Waals surface area contributed by atoms with E-state index in [4.69, 9.17) is 41.9 Å². The molecule has 0 spiro atoms. The second-order valence-corrected chi connectivity index (χ2v) is 9.48. The minimum Gasteiger partial charge on any atom is -0.393 e. The third-order valence-electron chi connectivity index (χ3n) is 6.91. The highest BCUT2D eigenvalue weighted by Gasteiger charge is 2.54. The van der Waals surface area contributed by atoms with Gasteiger partial charge in [-0.3, -0.25) is 0 Å². The summed E-state index contributed by atoms with van der Waals surface area (Å²) in [6.45, 7) is 0.451. The van der Waals surface area contributed by atoms with E-state index in [2.05, 4.69) is 0 Å². The van der Waals surface area contributed by atoms with Crippen LogP contribution >= 0.6 is 0 Å². The van der Waals surface area contributed by atoms with E-state index in [1.807, 2.05) is 0 Å². The number of aliphatic hydroxyl groups excluding tert-OH is 7. The van der Waals surface area contributed by atoms with Gasteiger partial charge in [0.15, 0.2) is 12.6 Å². The molecule has 15 atom stereocenters. The highest BCUT2D eigenvalue weighted by Crippen LogP contribution is 2.34. The number of hydrogen-bond acceptors (Lipinski definition) is 15. The van der Waals surface area contributed by atoms with E-state index in [1.165, 1.54) is 6.92 Å². The summed E-state index contributed by atoms with van der Waals surface area (Å²) >= 11 is 0. The molecule has 3 rings (SSSR count). The fraction of sp³-hybridized carbons (Fsp3) is 1.00. The molecule has 0 radical (unpaired) electrons. The topological polar surface area (TPSA) is 283 Å². The van der Waals surface area contributed by atoms with Gasteiger partial charge < -0.3 is 77.6 Å². The molecule has 2 aliphatic heterocycles. The summed E-state index contributed by atoms with van der Waals surface area (Å²) in [5.41, 5.74) is 22.1. The first kappa shape index (κ1) is 28.0. The van der Waals surface area contributed by atoms with Crippen molar-refractivity contribution in [3.8, 4) is 0 Å². The quantitative estimate of drug-likeness (QED) is 0.162. The van der Waals surface area contributed by atoms with Gasteiger partial charge in [-0.25, -0.2) is 0 Å². The molecule has 0 unspecified atom stereocenters. The van der Waals surface area contributed by atoms with Gasteiger partial charge >= 0.3 is 0 Å². The molecule has 3 fully saturated rings. The minimum absolute atomic E-state index is 0.100. The summed E-state index contributed by atoms with van der Waals surface area (Å²) in [5.74, 6) is 0. The molecule has 0 aromatic carbocycles. The molecule has 3 aliphatic rings. The zero-order valence-electron chi connectivity index (χ0n) is 18.8. The Balaban J connectivity index is 1.83. The van der Waals surface area contributed by atoms with Crippen LogP contribution in [0.4, 0.5) is 0 Å². The van der Waals surface area contributed by atoms with Crippen LogP contribution in [0.5, 0.6) is 0 Å². The van der Waals surface area contributed by atoms with Crippen molar-refractivity contribution in [2.24, 2.45) is 22.9 Å².